The predicted octanol–water partition coefficient (Wildman–Crippen LogP) is 3.75. The zero-order valence-electron chi connectivity index (χ0n) is 20.4. The molecule has 1 saturated heterocycles. The van der Waals surface area contributed by atoms with E-state index in [1.165, 1.54) is 20.0 Å². The molecule has 0 bridgehead atoms. The molecule has 186 valence electrons. The Hall–Kier alpha value is -3.32. The first-order valence-electron chi connectivity index (χ1n) is 12.1. The summed E-state index contributed by atoms with van der Waals surface area (Å²) in [5.41, 5.74) is 4.69. The van der Waals surface area contributed by atoms with Crippen molar-refractivity contribution in [3.05, 3.63) is 62.5 Å². The van der Waals surface area contributed by atoms with Crippen molar-refractivity contribution < 1.29 is 19.4 Å². The van der Waals surface area contributed by atoms with Crippen LogP contribution in [0.15, 0.2) is 42.5 Å². The molecule has 3 heterocycles. The van der Waals surface area contributed by atoms with Gasteiger partial charge in [0.1, 0.15) is 0 Å². The number of hydrogen-bond acceptors (Lipinski definition) is 5. The van der Waals surface area contributed by atoms with E-state index in [4.69, 9.17) is 4.74 Å². The summed E-state index contributed by atoms with van der Waals surface area (Å²) in [6.07, 6.45) is 4.40. The van der Waals surface area contributed by atoms with Crippen molar-refractivity contribution in [2.45, 2.75) is 19.8 Å². The first-order chi connectivity index (χ1) is 17.4. The second-order valence-electron chi connectivity index (χ2n) is 9.08. The summed E-state index contributed by atoms with van der Waals surface area (Å²) >= 11 is 0.000192. The number of hydrogen-bond donors (Lipinski definition) is 3. The fraction of sp³-hybridized carbons (Fsp3) is 0.286. The van der Waals surface area contributed by atoms with Crippen LogP contribution in [-0.4, -0.2) is 69.6 Å². The Labute approximate surface area is 216 Å². The van der Waals surface area contributed by atoms with Gasteiger partial charge in [0.25, 0.3) is 0 Å². The molecule has 0 unspecified atom stereocenters. The fourth-order valence-corrected chi connectivity index (χ4v) is 6.78. The second-order valence-corrected chi connectivity index (χ2v) is 11.8. The van der Waals surface area contributed by atoms with Crippen molar-refractivity contribution >= 4 is 43.7 Å². The number of nitrogens with one attached hydrogen (secondary N) is 2. The maximum absolute atomic E-state index is 12.8. The molecule has 5 rings (SSSR count). The third kappa shape index (κ3) is 4.98. The number of nitrogens with zero attached hydrogens (tertiary/aromatic N) is 1. The number of aryl methyl sites for hydroxylation is 1. The van der Waals surface area contributed by atoms with Crippen molar-refractivity contribution in [2.24, 2.45) is 0 Å². The number of phenolic OH excluding ortho intramolecular Hbond substituents is 1. The van der Waals surface area contributed by atoms with Crippen LogP contribution >= 0.6 is 0 Å². The molecule has 0 aliphatic carbocycles. The first-order valence-corrected chi connectivity index (χ1v) is 13.8. The molecule has 0 saturated carbocycles. The Kier molecular flexibility index (Phi) is 7.01. The van der Waals surface area contributed by atoms with Gasteiger partial charge in [-0.1, -0.05) is 0 Å². The zero-order valence-corrected chi connectivity index (χ0v) is 22.1. The molecule has 2 aliphatic rings. The van der Waals surface area contributed by atoms with Gasteiger partial charge in [0, 0.05) is 0 Å². The van der Waals surface area contributed by atoms with Gasteiger partial charge in [0.05, 0.1) is 0 Å². The number of fused-ring (bicyclic) bond motifs is 1. The molecule has 1 aromatic heterocycles. The van der Waals surface area contributed by atoms with E-state index in [1.54, 1.807) is 12.1 Å². The molecule has 8 heteroatoms. The monoisotopic (exact) mass is 551 g/mol. The van der Waals surface area contributed by atoms with Gasteiger partial charge in [0.15, 0.2) is 0 Å². The number of ether oxygens (including phenoxy) is 1. The summed E-state index contributed by atoms with van der Waals surface area (Å²) in [6.45, 7) is 5.77. The fourth-order valence-electron chi connectivity index (χ4n) is 4.75. The van der Waals surface area contributed by atoms with Gasteiger partial charge in [-0.2, -0.15) is 0 Å². The van der Waals surface area contributed by atoms with Gasteiger partial charge < -0.3 is 0 Å². The van der Waals surface area contributed by atoms with E-state index in [1.807, 2.05) is 43.3 Å². The Morgan fingerprint density at radius 2 is 1.92 bits per heavy atom. The molecule has 0 radical (unpaired) electrons. The molecule has 7 nitrogen and oxygen atoms in total. The number of amides is 2. The average molecular weight is 551 g/mol. The number of rotatable bonds is 7. The molecule has 2 amide bonds. The van der Waals surface area contributed by atoms with Crippen LogP contribution < -0.4 is 15.4 Å². The molecule has 3 N–H and O–H groups in total. The van der Waals surface area contributed by atoms with Crippen molar-refractivity contribution in [1.82, 2.24) is 10.2 Å². The molecular formula is C28H29N3O4Se. The van der Waals surface area contributed by atoms with E-state index < -0.39 is 0 Å². The van der Waals surface area contributed by atoms with Crippen LogP contribution in [0.1, 0.15) is 37.6 Å². The molecular weight excluding hydrogens is 521 g/mol. The zero-order chi connectivity index (χ0) is 25.2. The Bertz CT molecular complexity index is 1350. The SMILES string of the molecule is COc1cc(-c2ccc3c(c2)NC(=O)C3=Cc2cc(C(=O)NCCN3CCCC3)c(C)[se]2)ccc1O. The topological polar surface area (TPSA) is 90.9 Å². The standard InChI is InChI=1S/C28H29N3O4Se/c1-17-22(27(33)29-9-12-31-10-3-4-11-31)15-20(36-17)16-23-21-7-5-18(13-24(21)30-28(23)34)19-6-8-25(32)26(14-19)35-2/h5-8,13-16,32H,3-4,9-12H2,1-2H3,(H,29,33)(H,30,34). The van der Waals surface area contributed by atoms with Crippen LogP contribution in [0, 0.1) is 6.92 Å². The second kappa shape index (κ2) is 10.3. The summed E-state index contributed by atoms with van der Waals surface area (Å²) in [4.78, 5) is 28.0. The Balaban J connectivity index is 1.34. The van der Waals surface area contributed by atoms with Crippen molar-refractivity contribution in [3.63, 3.8) is 0 Å². The molecule has 2 aromatic carbocycles. The van der Waals surface area contributed by atoms with E-state index in [9.17, 15) is 14.7 Å². The quantitative estimate of drug-likeness (QED) is 0.308. The minimum atomic E-state index is -0.150. The van der Waals surface area contributed by atoms with Crippen molar-refractivity contribution in [2.75, 3.05) is 38.6 Å². The van der Waals surface area contributed by atoms with Crippen LogP contribution in [0.4, 0.5) is 5.69 Å². The van der Waals surface area contributed by atoms with E-state index in [2.05, 4.69) is 15.5 Å². The van der Waals surface area contributed by atoms with Gasteiger partial charge in [-0.25, -0.2) is 0 Å². The van der Waals surface area contributed by atoms with Crippen molar-refractivity contribution in [1.29, 1.82) is 0 Å². The summed E-state index contributed by atoms with van der Waals surface area (Å²) in [5, 5.41) is 15.9. The van der Waals surface area contributed by atoms with Crippen LogP contribution in [0.3, 0.4) is 0 Å². The van der Waals surface area contributed by atoms with E-state index in [0.717, 1.165) is 56.5 Å². The van der Waals surface area contributed by atoms with Crippen LogP contribution in [-0.2, 0) is 4.79 Å². The molecule has 36 heavy (non-hydrogen) atoms. The molecule has 1 fully saturated rings. The van der Waals surface area contributed by atoms with Crippen molar-refractivity contribution in [3.8, 4) is 22.6 Å². The molecule has 0 atom stereocenters. The van der Waals surface area contributed by atoms with Gasteiger partial charge >= 0.3 is 217 Å². The summed E-state index contributed by atoms with van der Waals surface area (Å²) < 4.78 is 7.30. The van der Waals surface area contributed by atoms with Gasteiger partial charge in [0.2, 0.25) is 0 Å². The molecule has 2 aliphatic heterocycles. The summed E-state index contributed by atoms with van der Waals surface area (Å²) in [7, 11) is 1.51. The summed E-state index contributed by atoms with van der Waals surface area (Å²) in [6, 6.07) is 12.9. The third-order valence-corrected chi connectivity index (χ3v) is 8.79. The average Bonchev–Trinajstić information content (AvgIpc) is 3.59. The van der Waals surface area contributed by atoms with Gasteiger partial charge in [-0.05, 0) is 0 Å². The van der Waals surface area contributed by atoms with E-state index in [-0.39, 0.29) is 32.1 Å². The van der Waals surface area contributed by atoms with Gasteiger partial charge in [-0.15, -0.1) is 0 Å². The van der Waals surface area contributed by atoms with E-state index >= 15 is 0 Å². The van der Waals surface area contributed by atoms with Gasteiger partial charge in [-0.3, -0.25) is 0 Å². The number of carbonyl (C=O) groups is 2. The molecule has 3 aromatic rings. The van der Waals surface area contributed by atoms with Crippen LogP contribution in [0.5, 0.6) is 11.5 Å². The number of anilines is 1. The molecule has 0 spiro atoms. The summed E-state index contributed by atoms with van der Waals surface area (Å²) in [5.74, 6) is 0.290. The van der Waals surface area contributed by atoms with E-state index in [0.29, 0.717) is 17.9 Å². The Morgan fingerprint density at radius 1 is 1.17 bits per heavy atom. The minimum absolute atomic E-state index is 0.000192. The number of benzene rings is 2. The first kappa shape index (κ1) is 24.4. The number of aromatic hydroxyl groups is 1. The van der Waals surface area contributed by atoms with Crippen LogP contribution in [0.25, 0.3) is 22.8 Å². The van der Waals surface area contributed by atoms with Crippen LogP contribution in [0.2, 0.25) is 0 Å². The maximum atomic E-state index is 12.8. The Morgan fingerprint density at radius 3 is 2.69 bits per heavy atom. The number of likely N-dealkylation sites (tertiary alicyclic amines) is 1. The normalized spacial score (nSPS) is 16.3. The number of phenols is 1. The number of carbonyl (C=O) groups excluding carboxylic acids is 2. The number of methoxy groups -OCH3 is 1. The third-order valence-electron chi connectivity index (χ3n) is 6.70. The predicted molar refractivity (Wildman–Crippen MR) is 143 cm³/mol.